The summed E-state index contributed by atoms with van der Waals surface area (Å²) in [5.74, 6) is 0. The fraction of sp³-hybridized carbons (Fsp3) is 0.0769. The van der Waals surface area contributed by atoms with Crippen molar-refractivity contribution in [2.45, 2.75) is 0 Å². The summed E-state index contributed by atoms with van der Waals surface area (Å²) in [6.45, 7) is 0. The van der Waals surface area contributed by atoms with Gasteiger partial charge in [-0.3, -0.25) is 0 Å². The molecule has 0 fully saturated rings. The summed E-state index contributed by atoms with van der Waals surface area (Å²) >= 11 is -0.106. The van der Waals surface area contributed by atoms with Gasteiger partial charge in [-0.1, -0.05) is 72.8 Å². The van der Waals surface area contributed by atoms with E-state index >= 15 is 0 Å². The van der Waals surface area contributed by atoms with Crippen molar-refractivity contribution in [3.8, 4) is 0 Å². The molecule has 4 aromatic carbocycles. The van der Waals surface area contributed by atoms with Gasteiger partial charge in [0.2, 0.25) is 0 Å². The predicted molar refractivity (Wildman–Crippen MR) is 142 cm³/mol. The van der Waals surface area contributed by atoms with E-state index in [1.165, 1.54) is 33.5 Å². The maximum Gasteiger partial charge on any atom is 0.101 e. The molecule has 0 radical (unpaired) electrons. The second-order valence-electron chi connectivity index (χ2n) is 6.97. The molecule has 0 aliphatic heterocycles. The van der Waals surface area contributed by atoms with E-state index in [4.69, 9.17) is 19.1 Å². The Labute approximate surface area is 204 Å². The number of halogens is 2. The van der Waals surface area contributed by atoms with Gasteiger partial charge in [-0.2, -0.15) is 0 Å². The van der Waals surface area contributed by atoms with Crippen molar-refractivity contribution in [3.05, 3.63) is 121 Å². The average Bonchev–Trinajstić information content (AvgIpc) is 2.85. The van der Waals surface area contributed by atoms with Crippen molar-refractivity contribution in [1.29, 1.82) is 0 Å². The van der Waals surface area contributed by atoms with E-state index in [0.29, 0.717) is 0 Å². The molecule has 0 aromatic heterocycles. The number of benzene rings is 4. The van der Waals surface area contributed by atoms with Gasteiger partial charge >= 0.3 is 35.0 Å². The zero-order valence-electron chi connectivity index (χ0n) is 17.0. The molecule has 31 heavy (non-hydrogen) atoms. The van der Waals surface area contributed by atoms with Crippen molar-refractivity contribution < 1.29 is 15.9 Å². The molecule has 0 saturated heterocycles. The zero-order chi connectivity index (χ0) is 21.7. The van der Waals surface area contributed by atoms with Gasteiger partial charge in [0.1, 0.15) is 12.3 Å². The predicted octanol–water partition coefficient (Wildman–Crippen LogP) is 6.09. The van der Waals surface area contributed by atoms with Crippen LogP contribution in [0, 0.1) is 0 Å². The minimum atomic E-state index is -0.783. The molecule has 0 saturated carbocycles. The molecular weight excluding hydrogens is 552 g/mol. The summed E-state index contributed by atoms with van der Waals surface area (Å²) in [4.78, 5) is 0. The first-order chi connectivity index (χ1) is 15.3. The van der Waals surface area contributed by atoms with E-state index < -0.39 is 15.8 Å². The molecular formula is C26H26Cl2P2Pd+2. The van der Waals surface area contributed by atoms with E-state index in [2.05, 4.69) is 121 Å². The summed E-state index contributed by atoms with van der Waals surface area (Å²) in [6, 6.07) is 44.5. The molecule has 0 amide bonds. The molecule has 0 aliphatic carbocycles. The molecule has 0 N–H and O–H groups in total. The quantitative estimate of drug-likeness (QED) is 0.184. The molecule has 0 aliphatic rings. The van der Waals surface area contributed by atoms with Crippen LogP contribution >= 0.6 is 34.9 Å². The molecule has 0 spiro atoms. The van der Waals surface area contributed by atoms with Gasteiger partial charge in [0, 0.05) is 0 Å². The largest absolute Gasteiger partial charge is 0.101 e. The maximum atomic E-state index is 4.81. The third kappa shape index (κ3) is 7.81. The van der Waals surface area contributed by atoms with Crippen LogP contribution in [0.3, 0.4) is 0 Å². The fourth-order valence-corrected chi connectivity index (χ4v) is 9.92. The van der Waals surface area contributed by atoms with Gasteiger partial charge in [0.25, 0.3) is 0 Å². The van der Waals surface area contributed by atoms with E-state index in [0.717, 1.165) is 0 Å². The van der Waals surface area contributed by atoms with Crippen LogP contribution in [0.1, 0.15) is 0 Å². The van der Waals surface area contributed by atoms with E-state index in [1.807, 2.05) is 0 Å². The Bertz CT molecular complexity index is 825. The molecule has 0 atom stereocenters. The zero-order valence-corrected chi connectivity index (χ0v) is 22.1. The second-order valence-corrected chi connectivity index (χ2v) is 14.6. The van der Waals surface area contributed by atoms with Gasteiger partial charge in [0.05, 0.1) is 37.1 Å². The first-order valence-electron chi connectivity index (χ1n) is 10.1. The topological polar surface area (TPSA) is 0 Å². The number of hydrogen-bond donors (Lipinski definition) is 0. The molecule has 5 heteroatoms. The Morgan fingerprint density at radius 2 is 0.613 bits per heavy atom. The van der Waals surface area contributed by atoms with Crippen LogP contribution in [-0.2, 0) is 15.9 Å². The molecule has 0 bridgehead atoms. The maximum absolute atomic E-state index is 4.81. The van der Waals surface area contributed by atoms with Crippen LogP contribution in [0.5, 0.6) is 0 Å². The van der Waals surface area contributed by atoms with Crippen molar-refractivity contribution in [2.75, 3.05) is 12.3 Å². The molecule has 0 heterocycles. The second kappa shape index (κ2) is 14.2. The van der Waals surface area contributed by atoms with Crippen LogP contribution in [0.4, 0.5) is 0 Å². The summed E-state index contributed by atoms with van der Waals surface area (Å²) in [5.41, 5.74) is 0. The fourth-order valence-electron chi connectivity index (χ4n) is 3.72. The van der Waals surface area contributed by atoms with Crippen molar-refractivity contribution in [1.82, 2.24) is 0 Å². The summed E-state index contributed by atoms with van der Waals surface area (Å²) < 4.78 is 0. The van der Waals surface area contributed by atoms with Crippen molar-refractivity contribution in [2.24, 2.45) is 0 Å². The standard InChI is InChI=1S/C26H24P2.2ClH.Pd/c1-5-13-23(14-6-1)27(24-15-7-2-8-16-24)21-22-28(25-17-9-3-10-18-25)26-19-11-4-12-20-26;;;/h1-20H,21-22H2;2*1H;/q;;;+2. The third-order valence-electron chi connectivity index (χ3n) is 5.11. The van der Waals surface area contributed by atoms with Crippen LogP contribution in [0.15, 0.2) is 121 Å². The number of rotatable bonds is 7. The van der Waals surface area contributed by atoms with Gasteiger partial charge in [0.15, 0.2) is 0 Å². The monoisotopic (exact) mass is 576 g/mol. The van der Waals surface area contributed by atoms with Gasteiger partial charge in [-0.15, -0.1) is 0 Å². The smallest absolute Gasteiger partial charge is 0.0620 e. The number of hydrogen-bond acceptors (Lipinski definition) is 0. The van der Waals surface area contributed by atoms with Crippen LogP contribution in [-0.4, -0.2) is 12.3 Å². The molecule has 162 valence electrons. The minimum absolute atomic E-state index is 0.106. The first kappa shape index (κ1) is 24.6. The first-order valence-corrected chi connectivity index (χ1v) is 17.5. The summed E-state index contributed by atoms with van der Waals surface area (Å²) in [7, 11) is 8.06. The van der Waals surface area contributed by atoms with Crippen molar-refractivity contribution >= 4 is 56.1 Å². The summed E-state index contributed by atoms with van der Waals surface area (Å²) in [6.07, 6.45) is 2.52. The normalized spacial score (nSPS) is 10.7. The Kier molecular flexibility index (Phi) is 11.3. The van der Waals surface area contributed by atoms with Crippen molar-refractivity contribution in [3.63, 3.8) is 0 Å². The van der Waals surface area contributed by atoms with Gasteiger partial charge in [-0.05, 0) is 48.5 Å². The van der Waals surface area contributed by atoms with Crippen LogP contribution in [0.2, 0.25) is 0 Å². The molecule has 4 aromatic rings. The summed E-state index contributed by atoms with van der Waals surface area (Å²) in [5, 5.41) is 6.06. The van der Waals surface area contributed by atoms with Gasteiger partial charge < -0.3 is 0 Å². The minimum Gasteiger partial charge on any atom is -0.0620 e. The van der Waals surface area contributed by atoms with Crippen LogP contribution in [0.25, 0.3) is 0 Å². The SMILES string of the molecule is [Cl][Pd][Cl].c1ccc([PH+](CC[PH+](c2ccccc2)c2ccccc2)c2ccccc2)cc1. The molecule has 4 rings (SSSR count). The van der Waals surface area contributed by atoms with E-state index in [9.17, 15) is 0 Å². The van der Waals surface area contributed by atoms with E-state index in [-0.39, 0.29) is 15.9 Å². The average molecular weight is 578 g/mol. The van der Waals surface area contributed by atoms with E-state index in [1.54, 1.807) is 0 Å². The van der Waals surface area contributed by atoms with Gasteiger partial charge in [-0.25, -0.2) is 0 Å². The molecule has 0 nitrogen and oxygen atoms in total. The Balaban J connectivity index is 0.000000858. The third-order valence-corrected chi connectivity index (χ3v) is 11.2. The Morgan fingerprint density at radius 3 is 0.806 bits per heavy atom. The molecule has 0 unspecified atom stereocenters. The Morgan fingerprint density at radius 1 is 0.419 bits per heavy atom. The van der Waals surface area contributed by atoms with Crippen LogP contribution < -0.4 is 21.2 Å². The Hall–Kier alpha value is -1.02.